The summed E-state index contributed by atoms with van der Waals surface area (Å²) >= 11 is 6.14. The number of hydrogen-bond donors (Lipinski definition) is 0. The van der Waals surface area contributed by atoms with E-state index in [1.165, 1.54) is 24.4 Å². The molecule has 1 saturated heterocycles. The van der Waals surface area contributed by atoms with E-state index < -0.39 is 6.43 Å². The van der Waals surface area contributed by atoms with Crippen LogP contribution in [0.3, 0.4) is 0 Å². The normalized spacial score (nSPS) is 14.7. The summed E-state index contributed by atoms with van der Waals surface area (Å²) in [5, 5.41) is 4.41. The highest BCUT2D eigenvalue weighted by Crippen LogP contribution is 2.27. The molecule has 1 fully saturated rings. The number of carbonyl (C=O) groups excluding carboxylic acids is 1. The van der Waals surface area contributed by atoms with E-state index in [4.69, 9.17) is 11.6 Å². The van der Waals surface area contributed by atoms with Gasteiger partial charge < -0.3 is 4.90 Å². The fourth-order valence-corrected chi connectivity index (χ4v) is 4.45. The molecule has 0 unspecified atom stereocenters. The highest BCUT2D eigenvalue weighted by Gasteiger charge is 2.27. The van der Waals surface area contributed by atoms with Gasteiger partial charge in [0, 0.05) is 43.3 Å². The summed E-state index contributed by atoms with van der Waals surface area (Å²) in [5.41, 5.74) is 1.79. The Hall–Kier alpha value is -3.43. The van der Waals surface area contributed by atoms with Gasteiger partial charge in [-0.15, -0.1) is 0 Å². The molecule has 4 aromatic rings. The lowest BCUT2D eigenvalue weighted by molar-refractivity contribution is 0.0630. The fraction of sp³-hybridized carbons (Fsp3) is 0.240. The van der Waals surface area contributed by atoms with E-state index in [9.17, 15) is 18.0 Å². The topological polar surface area (TPSA) is 53.7 Å². The highest BCUT2D eigenvalue weighted by atomic mass is 35.5. The summed E-state index contributed by atoms with van der Waals surface area (Å²) in [6, 6.07) is 14.6. The van der Waals surface area contributed by atoms with Crippen LogP contribution < -0.4 is 0 Å². The third-order valence-corrected chi connectivity index (χ3v) is 6.44. The molecule has 0 atom stereocenters. The Labute approximate surface area is 204 Å². The zero-order valence-electron chi connectivity index (χ0n) is 18.5. The molecule has 0 radical (unpaired) electrons. The second kappa shape index (κ2) is 9.67. The Morgan fingerprint density at radius 1 is 1.03 bits per heavy atom. The lowest BCUT2D eigenvalue weighted by Crippen LogP contribution is -2.48. The van der Waals surface area contributed by atoms with Gasteiger partial charge in [0.05, 0.1) is 11.9 Å². The average molecular weight is 500 g/mol. The van der Waals surface area contributed by atoms with Gasteiger partial charge in [-0.05, 0) is 23.8 Å². The predicted molar refractivity (Wildman–Crippen MR) is 126 cm³/mol. The molecule has 1 amide bonds. The lowest BCUT2D eigenvalue weighted by Gasteiger charge is -2.34. The van der Waals surface area contributed by atoms with E-state index in [-0.39, 0.29) is 28.6 Å². The van der Waals surface area contributed by atoms with Gasteiger partial charge in [0.1, 0.15) is 17.1 Å². The summed E-state index contributed by atoms with van der Waals surface area (Å²) in [4.78, 5) is 21.6. The van der Waals surface area contributed by atoms with Crippen LogP contribution in [0, 0.1) is 5.82 Å². The van der Waals surface area contributed by atoms with E-state index in [2.05, 4.69) is 15.0 Å². The third kappa shape index (κ3) is 4.74. The fourth-order valence-electron chi connectivity index (χ4n) is 4.22. The number of alkyl halides is 2. The molecule has 6 nitrogen and oxygen atoms in total. The monoisotopic (exact) mass is 499 g/mol. The number of halogens is 4. The Morgan fingerprint density at radius 2 is 1.77 bits per heavy atom. The smallest absolute Gasteiger partial charge is 0.280 e. The van der Waals surface area contributed by atoms with Crippen LogP contribution in [0.4, 0.5) is 13.2 Å². The summed E-state index contributed by atoms with van der Waals surface area (Å²) in [6.07, 6.45) is -1.48. The van der Waals surface area contributed by atoms with Gasteiger partial charge >= 0.3 is 0 Å². The van der Waals surface area contributed by atoms with E-state index in [1.54, 1.807) is 35.2 Å². The Kier molecular flexibility index (Phi) is 6.44. The molecular formula is C25H21ClF3N5O. The van der Waals surface area contributed by atoms with Crippen LogP contribution >= 0.6 is 11.6 Å². The summed E-state index contributed by atoms with van der Waals surface area (Å²) < 4.78 is 42.0. The molecule has 180 valence electrons. The lowest BCUT2D eigenvalue weighted by atomic mass is 10.1. The first kappa shape index (κ1) is 23.3. The first-order valence-corrected chi connectivity index (χ1v) is 11.5. The van der Waals surface area contributed by atoms with Crippen molar-refractivity contribution in [3.05, 3.63) is 88.5 Å². The number of amides is 1. The number of hydrogen-bond acceptors (Lipinski definition) is 4. The van der Waals surface area contributed by atoms with Crippen molar-refractivity contribution in [3.8, 4) is 11.3 Å². The van der Waals surface area contributed by atoms with Crippen molar-refractivity contribution in [2.45, 2.75) is 13.0 Å². The standard InChI is InChI=1S/C25H21ClF3N5O/c26-20-12-18(27)7-6-17(20)15-32-8-10-33(11-9-32)25(35)19-14-30-34-22(23(28)29)13-21(31-24(19)34)16-4-2-1-3-5-16/h1-7,12-14,23H,8-11,15H2. The number of rotatable bonds is 5. The molecule has 0 N–H and O–H groups in total. The van der Waals surface area contributed by atoms with Gasteiger partial charge in [0.2, 0.25) is 0 Å². The van der Waals surface area contributed by atoms with Crippen molar-refractivity contribution in [2.75, 3.05) is 26.2 Å². The van der Waals surface area contributed by atoms with Gasteiger partial charge in [0.25, 0.3) is 12.3 Å². The van der Waals surface area contributed by atoms with Crippen LogP contribution in [-0.2, 0) is 6.54 Å². The molecule has 0 spiro atoms. The van der Waals surface area contributed by atoms with Crippen LogP contribution in [0.5, 0.6) is 0 Å². The Morgan fingerprint density at radius 3 is 2.46 bits per heavy atom. The van der Waals surface area contributed by atoms with Crippen LogP contribution in [0.2, 0.25) is 5.02 Å². The summed E-state index contributed by atoms with van der Waals surface area (Å²) in [5.74, 6) is -0.695. The van der Waals surface area contributed by atoms with E-state index in [0.717, 1.165) is 10.1 Å². The molecule has 5 rings (SSSR count). The molecule has 2 aromatic carbocycles. The molecule has 35 heavy (non-hydrogen) atoms. The Balaban J connectivity index is 1.37. The minimum Gasteiger partial charge on any atom is -0.336 e. The molecule has 2 aromatic heterocycles. The number of fused-ring (bicyclic) bond motifs is 1. The Bertz CT molecular complexity index is 1370. The van der Waals surface area contributed by atoms with Crippen LogP contribution in [0.1, 0.15) is 28.0 Å². The van der Waals surface area contributed by atoms with E-state index in [0.29, 0.717) is 49.0 Å². The van der Waals surface area contributed by atoms with Crippen LogP contribution in [-0.4, -0.2) is 56.5 Å². The maximum absolute atomic E-state index is 13.8. The minimum atomic E-state index is -2.78. The van der Waals surface area contributed by atoms with Gasteiger partial charge in [0.15, 0.2) is 5.65 Å². The maximum atomic E-state index is 13.8. The highest BCUT2D eigenvalue weighted by molar-refractivity contribution is 6.31. The number of aromatic nitrogens is 3. The molecule has 0 bridgehead atoms. The second-order valence-electron chi connectivity index (χ2n) is 8.33. The van der Waals surface area contributed by atoms with Crippen molar-refractivity contribution >= 4 is 23.2 Å². The maximum Gasteiger partial charge on any atom is 0.280 e. The number of benzene rings is 2. The van der Waals surface area contributed by atoms with Crippen LogP contribution in [0.15, 0.2) is 60.8 Å². The second-order valence-corrected chi connectivity index (χ2v) is 8.74. The van der Waals surface area contributed by atoms with Crippen molar-refractivity contribution in [3.63, 3.8) is 0 Å². The number of carbonyl (C=O) groups is 1. The van der Waals surface area contributed by atoms with E-state index in [1.807, 2.05) is 6.07 Å². The van der Waals surface area contributed by atoms with Gasteiger partial charge in [-0.1, -0.05) is 48.0 Å². The van der Waals surface area contributed by atoms with Crippen molar-refractivity contribution in [1.82, 2.24) is 24.4 Å². The zero-order valence-corrected chi connectivity index (χ0v) is 19.3. The number of nitrogens with zero attached hydrogens (tertiary/aromatic N) is 5. The third-order valence-electron chi connectivity index (χ3n) is 6.09. The zero-order chi connectivity index (χ0) is 24.5. The molecule has 0 saturated carbocycles. The van der Waals surface area contributed by atoms with Crippen LogP contribution in [0.25, 0.3) is 16.9 Å². The van der Waals surface area contributed by atoms with Gasteiger partial charge in [-0.25, -0.2) is 22.7 Å². The summed E-state index contributed by atoms with van der Waals surface area (Å²) in [6.45, 7) is 2.59. The van der Waals surface area contributed by atoms with E-state index >= 15 is 0 Å². The average Bonchev–Trinajstić information content (AvgIpc) is 3.29. The quantitative estimate of drug-likeness (QED) is 0.384. The first-order valence-electron chi connectivity index (χ1n) is 11.1. The van der Waals surface area contributed by atoms with Gasteiger partial charge in [-0.2, -0.15) is 5.10 Å². The first-order chi connectivity index (χ1) is 16.9. The molecule has 10 heteroatoms. The largest absolute Gasteiger partial charge is 0.336 e. The summed E-state index contributed by atoms with van der Waals surface area (Å²) in [7, 11) is 0. The minimum absolute atomic E-state index is 0.104. The molecule has 3 heterocycles. The van der Waals surface area contributed by atoms with Crippen molar-refractivity contribution < 1.29 is 18.0 Å². The molecule has 1 aliphatic heterocycles. The predicted octanol–water partition coefficient (Wildman–Crippen LogP) is 5.08. The molecular weight excluding hydrogens is 479 g/mol. The molecule has 0 aliphatic carbocycles. The van der Waals surface area contributed by atoms with Crippen molar-refractivity contribution in [1.29, 1.82) is 0 Å². The van der Waals surface area contributed by atoms with Crippen molar-refractivity contribution in [2.24, 2.45) is 0 Å². The number of piperazine rings is 1. The molecule has 1 aliphatic rings. The SMILES string of the molecule is O=C(c1cnn2c(C(F)F)cc(-c3ccccc3)nc12)N1CCN(Cc2ccc(F)cc2Cl)CC1. The van der Waals surface area contributed by atoms with Gasteiger partial charge in [-0.3, -0.25) is 9.69 Å².